The van der Waals surface area contributed by atoms with Gasteiger partial charge in [0.1, 0.15) is 17.3 Å². The molecule has 7 heteroatoms. The maximum atomic E-state index is 5.96. The number of ether oxygens (including phenoxy) is 1. The third kappa shape index (κ3) is 3.39. The predicted molar refractivity (Wildman–Crippen MR) is 100 cm³/mol. The Morgan fingerprint density at radius 3 is 2.92 bits per heavy atom. The highest BCUT2D eigenvalue weighted by molar-refractivity contribution is 5.59. The molecule has 1 atom stereocenters. The summed E-state index contributed by atoms with van der Waals surface area (Å²) in [4.78, 5) is 11.0. The largest absolute Gasteiger partial charge is 0.455 e. The number of aromatic nitrogens is 4. The molecule has 1 fully saturated rings. The molecular formula is C19H22N6O. The second kappa shape index (κ2) is 6.76. The van der Waals surface area contributed by atoms with Crippen molar-refractivity contribution in [3.8, 4) is 22.8 Å². The zero-order valence-electron chi connectivity index (χ0n) is 15.0. The number of hydrogen-bond donors (Lipinski definition) is 1. The summed E-state index contributed by atoms with van der Waals surface area (Å²) in [5.41, 5.74) is 8.26. The summed E-state index contributed by atoms with van der Waals surface area (Å²) in [5, 5.41) is 4.53. The van der Waals surface area contributed by atoms with Crippen molar-refractivity contribution in [2.75, 3.05) is 25.9 Å². The van der Waals surface area contributed by atoms with Crippen molar-refractivity contribution in [1.29, 1.82) is 0 Å². The van der Waals surface area contributed by atoms with Gasteiger partial charge in [-0.25, -0.2) is 4.98 Å². The number of nitrogens with zero attached hydrogens (tertiary/aromatic N) is 5. The average molecular weight is 350 g/mol. The van der Waals surface area contributed by atoms with Gasteiger partial charge in [0.05, 0.1) is 23.6 Å². The van der Waals surface area contributed by atoms with Gasteiger partial charge in [-0.15, -0.1) is 0 Å². The molecule has 1 saturated heterocycles. The summed E-state index contributed by atoms with van der Waals surface area (Å²) in [5.74, 6) is 1.87. The molecule has 2 N–H and O–H groups in total. The molecule has 1 unspecified atom stereocenters. The summed E-state index contributed by atoms with van der Waals surface area (Å²) in [6, 6.07) is 7.73. The minimum atomic E-state index is 0.427. The fraction of sp³-hybridized carbons (Fsp3) is 0.316. The van der Waals surface area contributed by atoms with E-state index in [0.29, 0.717) is 23.4 Å². The fourth-order valence-electron chi connectivity index (χ4n) is 3.23. The first kappa shape index (κ1) is 16.5. The summed E-state index contributed by atoms with van der Waals surface area (Å²) in [6.07, 6.45) is 6.79. The first-order valence-corrected chi connectivity index (χ1v) is 8.68. The quantitative estimate of drug-likeness (QED) is 0.779. The highest BCUT2D eigenvalue weighted by atomic mass is 16.5. The maximum Gasteiger partial charge on any atom is 0.148 e. The molecule has 0 radical (unpaired) electrons. The van der Waals surface area contributed by atoms with Crippen molar-refractivity contribution in [3.05, 3.63) is 48.5 Å². The van der Waals surface area contributed by atoms with Gasteiger partial charge in [0.25, 0.3) is 0 Å². The van der Waals surface area contributed by atoms with Crippen LogP contribution in [0.1, 0.15) is 18.2 Å². The molecule has 0 bridgehead atoms. The molecule has 0 aliphatic carbocycles. The van der Waals surface area contributed by atoms with Gasteiger partial charge in [-0.1, -0.05) is 0 Å². The van der Waals surface area contributed by atoms with Crippen LogP contribution < -0.4 is 10.5 Å². The van der Waals surface area contributed by atoms with Crippen LogP contribution >= 0.6 is 0 Å². The average Bonchev–Trinajstić information content (AvgIpc) is 3.27. The van der Waals surface area contributed by atoms with Crippen molar-refractivity contribution in [1.82, 2.24) is 24.6 Å². The second-order valence-corrected chi connectivity index (χ2v) is 6.71. The number of anilines is 1. The monoisotopic (exact) mass is 350 g/mol. The van der Waals surface area contributed by atoms with Gasteiger partial charge >= 0.3 is 0 Å². The Hall–Kier alpha value is -2.93. The van der Waals surface area contributed by atoms with Gasteiger partial charge in [-0.2, -0.15) is 5.10 Å². The molecule has 0 spiro atoms. The van der Waals surface area contributed by atoms with E-state index in [9.17, 15) is 0 Å². The molecule has 1 aliphatic heterocycles. The molecule has 26 heavy (non-hydrogen) atoms. The lowest BCUT2D eigenvalue weighted by Crippen LogP contribution is -2.16. The van der Waals surface area contributed by atoms with E-state index < -0.39 is 0 Å². The van der Waals surface area contributed by atoms with Crippen LogP contribution in [0.15, 0.2) is 42.9 Å². The number of rotatable bonds is 4. The summed E-state index contributed by atoms with van der Waals surface area (Å²) in [6.45, 7) is 4.01. The lowest BCUT2D eigenvalue weighted by molar-refractivity contribution is 0.382. The molecule has 3 aromatic heterocycles. The van der Waals surface area contributed by atoms with Crippen molar-refractivity contribution in [2.45, 2.75) is 19.4 Å². The first-order chi connectivity index (χ1) is 12.6. The van der Waals surface area contributed by atoms with E-state index in [1.54, 1.807) is 12.3 Å². The van der Waals surface area contributed by atoms with Gasteiger partial charge in [-0.3, -0.25) is 9.67 Å². The molecule has 0 amide bonds. The molecule has 1 aliphatic rings. The molecule has 7 nitrogen and oxygen atoms in total. The molecule has 3 aromatic rings. The van der Waals surface area contributed by atoms with E-state index in [-0.39, 0.29) is 0 Å². The SMILES string of the molecule is Cc1nc(N)ccc1Oc1ccnc(-c2cnn(C3CCN(C)C3)c2)c1. The zero-order valence-corrected chi connectivity index (χ0v) is 15.0. The van der Waals surface area contributed by atoms with Crippen LogP contribution in [0.5, 0.6) is 11.5 Å². The number of likely N-dealkylation sites (tertiary alicyclic amines) is 1. The van der Waals surface area contributed by atoms with E-state index >= 15 is 0 Å². The molecule has 134 valence electrons. The molecule has 4 heterocycles. The minimum absolute atomic E-state index is 0.427. The number of hydrogen-bond acceptors (Lipinski definition) is 6. The van der Waals surface area contributed by atoms with Gasteiger partial charge in [0, 0.05) is 30.6 Å². The van der Waals surface area contributed by atoms with Crippen molar-refractivity contribution < 1.29 is 4.74 Å². The zero-order chi connectivity index (χ0) is 18.1. The fourth-order valence-corrected chi connectivity index (χ4v) is 3.23. The van der Waals surface area contributed by atoms with Crippen molar-refractivity contribution in [2.24, 2.45) is 0 Å². The van der Waals surface area contributed by atoms with E-state index in [2.05, 4.69) is 33.2 Å². The van der Waals surface area contributed by atoms with Crippen LogP contribution in [0.25, 0.3) is 11.3 Å². The highest BCUT2D eigenvalue weighted by Crippen LogP contribution is 2.28. The van der Waals surface area contributed by atoms with Gasteiger partial charge in [0.2, 0.25) is 0 Å². The second-order valence-electron chi connectivity index (χ2n) is 6.71. The number of aryl methyl sites for hydroxylation is 1. The Kier molecular flexibility index (Phi) is 4.30. The van der Waals surface area contributed by atoms with E-state index in [1.807, 2.05) is 36.0 Å². The van der Waals surface area contributed by atoms with Crippen LogP contribution in [-0.4, -0.2) is 44.8 Å². The lowest BCUT2D eigenvalue weighted by atomic mass is 10.2. The van der Waals surface area contributed by atoms with E-state index in [1.165, 1.54) is 0 Å². The smallest absolute Gasteiger partial charge is 0.148 e. The Balaban J connectivity index is 1.55. The Bertz CT molecular complexity index is 922. The predicted octanol–water partition coefficient (Wildman–Crippen LogP) is 2.90. The minimum Gasteiger partial charge on any atom is -0.455 e. The van der Waals surface area contributed by atoms with Crippen LogP contribution in [0.4, 0.5) is 5.82 Å². The molecule has 4 rings (SSSR count). The van der Waals surface area contributed by atoms with Crippen LogP contribution in [0, 0.1) is 6.92 Å². The van der Waals surface area contributed by atoms with Gasteiger partial charge in [-0.05, 0) is 45.1 Å². The summed E-state index contributed by atoms with van der Waals surface area (Å²) in [7, 11) is 2.14. The first-order valence-electron chi connectivity index (χ1n) is 8.68. The topological polar surface area (TPSA) is 82.1 Å². The Morgan fingerprint density at radius 2 is 2.15 bits per heavy atom. The lowest BCUT2D eigenvalue weighted by Gasteiger charge is -2.10. The van der Waals surface area contributed by atoms with Crippen LogP contribution in [0.2, 0.25) is 0 Å². The molecule has 0 saturated carbocycles. The number of likely N-dealkylation sites (N-methyl/N-ethyl adjacent to an activating group) is 1. The number of nitrogens with two attached hydrogens (primary N) is 1. The van der Waals surface area contributed by atoms with E-state index in [0.717, 1.165) is 36.5 Å². The van der Waals surface area contributed by atoms with Gasteiger partial charge < -0.3 is 15.4 Å². The standard InChI is InChI=1S/C19H22N6O/c1-13-18(3-4-19(20)23-13)26-16-5-7-21-17(9-16)14-10-22-25(11-14)15-6-8-24(2)12-15/h3-5,7,9-11,15H,6,8,12H2,1-2H3,(H2,20,23). The van der Waals surface area contributed by atoms with E-state index in [4.69, 9.17) is 10.5 Å². The normalized spacial score (nSPS) is 17.5. The summed E-state index contributed by atoms with van der Waals surface area (Å²) < 4.78 is 8.00. The Labute approximate surface area is 152 Å². The highest BCUT2D eigenvalue weighted by Gasteiger charge is 2.22. The number of nitrogen functional groups attached to an aromatic ring is 1. The molecular weight excluding hydrogens is 328 g/mol. The summed E-state index contributed by atoms with van der Waals surface area (Å²) >= 11 is 0. The third-order valence-electron chi connectivity index (χ3n) is 4.66. The maximum absolute atomic E-state index is 5.96. The number of pyridine rings is 2. The van der Waals surface area contributed by atoms with Crippen molar-refractivity contribution >= 4 is 5.82 Å². The Morgan fingerprint density at radius 1 is 1.27 bits per heavy atom. The van der Waals surface area contributed by atoms with Gasteiger partial charge in [0.15, 0.2) is 0 Å². The van der Waals surface area contributed by atoms with Crippen LogP contribution in [0.3, 0.4) is 0 Å². The third-order valence-corrected chi connectivity index (χ3v) is 4.66. The van der Waals surface area contributed by atoms with Crippen LogP contribution in [-0.2, 0) is 0 Å². The van der Waals surface area contributed by atoms with Crippen molar-refractivity contribution in [3.63, 3.8) is 0 Å². The molecule has 0 aromatic carbocycles.